The normalized spacial score (nSPS) is 34.5. The van der Waals surface area contributed by atoms with Gasteiger partial charge in [0.05, 0.1) is 6.10 Å². The largest absolute Gasteiger partial charge is 0.377 e. The number of hydrogen-bond donors (Lipinski definition) is 1. The summed E-state index contributed by atoms with van der Waals surface area (Å²) in [5.74, 6) is 0.695. The Bertz CT molecular complexity index is 229. The molecule has 1 aliphatic heterocycles. The van der Waals surface area contributed by atoms with E-state index < -0.39 is 0 Å². The minimum absolute atomic E-state index is 0.419. The molecule has 0 bridgehead atoms. The van der Waals surface area contributed by atoms with Crippen molar-refractivity contribution in [1.29, 1.82) is 0 Å². The molecule has 2 N–H and O–H groups in total. The van der Waals surface area contributed by atoms with Gasteiger partial charge in [-0.05, 0) is 45.1 Å². The third-order valence-electron chi connectivity index (χ3n) is 4.55. The van der Waals surface area contributed by atoms with Crippen molar-refractivity contribution < 1.29 is 4.74 Å². The third-order valence-corrected chi connectivity index (χ3v) is 4.55. The molecule has 2 rings (SSSR count). The van der Waals surface area contributed by atoms with Crippen LogP contribution in [0, 0.1) is 5.92 Å². The van der Waals surface area contributed by atoms with Crippen molar-refractivity contribution in [2.45, 2.75) is 63.5 Å². The monoisotopic (exact) mass is 254 g/mol. The molecule has 3 unspecified atom stereocenters. The van der Waals surface area contributed by atoms with E-state index >= 15 is 0 Å². The van der Waals surface area contributed by atoms with Crippen molar-refractivity contribution in [1.82, 2.24) is 4.90 Å². The van der Waals surface area contributed by atoms with E-state index in [0.717, 1.165) is 19.7 Å². The van der Waals surface area contributed by atoms with E-state index in [9.17, 15) is 0 Å². The van der Waals surface area contributed by atoms with E-state index in [2.05, 4.69) is 11.9 Å². The fraction of sp³-hybridized carbons (Fsp3) is 1.00. The molecule has 0 radical (unpaired) electrons. The molecular formula is C15H30N2O. The zero-order chi connectivity index (χ0) is 12.8. The lowest BCUT2D eigenvalue weighted by atomic mass is 9.95. The van der Waals surface area contributed by atoms with Crippen molar-refractivity contribution >= 4 is 0 Å². The van der Waals surface area contributed by atoms with Crippen LogP contribution in [-0.2, 0) is 4.74 Å². The van der Waals surface area contributed by atoms with Gasteiger partial charge in [-0.3, -0.25) is 0 Å². The van der Waals surface area contributed by atoms with Gasteiger partial charge in [-0.1, -0.05) is 19.3 Å². The second kappa shape index (κ2) is 7.46. The fourth-order valence-corrected chi connectivity index (χ4v) is 3.41. The van der Waals surface area contributed by atoms with Crippen molar-refractivity contribution in [3.8, 4) is 0 Å². The first-order valence-corrected chi connectivity index (χ1v) is 7.81. The summed E-state index contributed by atoms with van der Waals surface area (Å²) < 4.78 is 5.82. The molecule has 2 aliphatic rings. The highest BCUT2D eigenvalue weighted by Gasteiger charge is 2.23. The molecule has 3 nitrogen and oxygen atoms in total. The Labute approximate surface area is 112 Å². The van der Waals surface area contributed by atoms with Crippen molar-refractivity contribution in [3.63, 3.8) is 0 Å². The summed E-state index contributed by atoms with van der Waals surface area (Å²) >= 11 is 0. The van der Waals surface area contributed by atoms with Gasteiger partial charge in [0.25, 0.3) is 0 Å². The molecule has 1 saturated heterocycles. The summed E-state index contributed by atoms with van der Waals surface area (Å²) in [5, 5.41) is 0. The maximum atomic E-state index is 6.30. The highest BCUT2D eigenvalue weighted by molar-refractivity contribution is 4.79. The Kier molecular flexibility index (Phi) is 5.93. The average Bonchev–Trinajstić information content (AvgIpc) is 2.56. The quantitative estimate of drug-likeness (QED) is 0.783. The van der Waals surface area contributed by atoms with Crippen LogP contribution >= 0.6 is 0 Å². The molecule has 18 heavy (non-hydrogen) atoms. The number of nitrogens with zero attached hydrogens (tertiary/aromatic N) is 1. The fourth-order valence-electron chi connectivity index (χ4n) is 3.41. The van der Waals surface area contributed by atoms with E-state index in [1.54, 1.807) is 0 Å². The first kappa shape index (κ1) is 14.3. The Hall–Kier alpha value is -0.120. The predicted octanol–water partition coefficient (Wildman–Crippen LogP) is 2.39. The van der Waals surface area contributed by atoms with Gasteiger partial charge in [-0.2, -0.15) is 0 Å². The maximum Gasteiger partial charge on any atom is 0.0701 e. The van der Waals surface area contributed by atoms with Gasteiger partial charge in [0.15, 0.2) is 0 Å². The minimum Gasteiger partial charge on any atom is -0.377 e. The Balaban J connectivity index is 1.72. The van der Waals surface area contributed by atoms with Gasteiger partial charge in [-0.15, -0.1) is 0 Å². The SMILES string of the molecule is CN(CC1CCCCO1)CC1CCCCCC1N. The zero-order valence-electron chi connectivity index (χ0n) is 11.9. The number of hydrogen-bond acceptors (Lipinski definition) is 3. The molecule has 3 atom stereocenters. The summed E-state index contributed by atoms with van der Waals surface area (Å²) in [4.78, 5) is 2.45. The van der Waals surface area contributed by atoms with E-state index in [-0.39, 0.29) is 0 Å². The molecule has 0 aromatic carbocycles. The maximum absolute atomic E-state index is 6.30. The van der Waals surface area contributed by atoms with Crippen LogP contribution in [0.25, 0.3) is 0 Å². The number of rotatable bonds is 4. The van der Waals surface area contributed by atoms with E-state index in [1.807, 2.05) is 0 Å². The summed E-state index contributed by atoms with van der Waals surface area (Å²) in [7, 11) is 2.23. The Morgan fingerprint density at radius 3 is 2.56 bits per heavy atom. The smallest absolute Gasteiger partial charge is 0.0701 e. The van der Waals surface area contributed by atoms with Crippen LogP contribution in [-0.4, -0.2) is 43.8 Å². The van der Waals surface area contributed by atoms with Crippen LogP contribution in [0.5, 0.6) is 0 Å². The molecule has 0 aromatic heterocycles. The molecular weight excluding hydrogens is 224 g/mol. The number of likely N-dealkylation sites (N-methyl/N-ethyl adjacent to an activating group) is 1. The molecule has 2 fully saturated rings. The molecule has 0 spiro atoms. The first-order chi connectivity index (χ1) is 8.75. The lowest BCUT2D eigenvalue weighted by Gasteiger charge is -2.31. The van der Waals surface area contributed by atoms with Gasteiger partial charge < -0.3 is 15.4 Å². The summed E-state index contributed by atoms with van der Waals surface area (Å²) in [5.41, 5.74) is 6.30. The highest BCUT2D eigenvalue weighted by Crippen LogP contribution is 2.23. The van der Waals surface area contributed by atoms with Crippen molar-refractivity contribution in [2.75, 3.05) is 26.7 Å². The molecule has 0 aromatic rings. The predicted molar refractivity (Wildman–Crippen MR) is 75.6 cm³/mol. The minimum atomic E-state index is 0.419. The van der Waals surface area contributed by atoms with Crippen molar-refractivity contribution in [2.24, 2.45) is 11.7 Å². The highest BCUT2D eigenvalue weighted by atomic mass is 16.5. The lowest BCUT2D eigenvalue weighted by molar-refractivity contribution is -0.00412. The van der Waals surface area contributed by atoms with Gasteiger partial charge in [0, 0.05) is 25.7 Å². The zero-order valence-corrected chi connectivity index (χ0v) is 11.9. The Morgan fingerprint density at radius 1 is 1.00 bits per heavy atom. The van der Waals surface area contributed by atoms with E-state index in [0.29, 0.717) is 18.1 Å². The summed E-state index contributed by atoms with van der Waals surface area (Å²) in [6, 6.07) is 0.419. The molecule has 1 aliphatic carbocycles. The standard InChI is InChI=1S/C15H30N2O/c1-17(12-14-8-5-6-10-18-14)11-13-7-3-2-4-9-15(13)16/h13-15H,2-12,16H2,1H3. The molecule has 1 heterocycles. The Morgan fingerprint density at radius 2 is 1.78 bits per heavy atom. The third kappa shape index (κ3) is 4.52. The second-order valence-corrected chi connectivity index (χ2v) is 6.27. The van der Waals surface area contributed by atoms with Crippen LogP contribution in [0.4, 0.5) is 0 Å². The molecule has 106 valence electrons. The van der Waals surface area contributed by atoms with Crippen LogP contribution in [0.3, 0.4) is 0 Å². The average molecular weight is 254 g/mol. The molecule has 0 amide bonds. The van der Waals surface area contributed by atoms with E-state index in [1.165, 1.54) is 51.4 Å². The number of ether oxygens (including phenoxy) is 1. The van der Waals surface area contributed by atoms with Crippen LogP contribution in [0.15, 0.2) is 0 Å². The topological polar surface area (TPSA) is 38.5 Å². The van der Waals surface area contributed by atoms with Gasteiger partial charge in [-0.25, -0.2) is 0 Å². The van der Waals surface area contributed by atoms with Gasteiger partial charge in [0.2, 0.25) is 0 Å². The lowest BCUT2D eigenvalue weighted by Crippen LogP contribution is -2.41. The first-order valence-electron chi connectivity index (χ1n) is 7.81. The number of nitrogens with two attached hydrogens (primary N) is 1. The summed E-state index contributed by atoms with van der Waals surface area (Å²) in [6.45, 7) is 3.20. The second-order valence-electron chi connectivity index (χ2n) is 6.27. The van der Waals surface area contributed by atoms with E-state index in [4.69, 9.17) is 10.5 Å². The van der Waals surface area contributed by atoms with Crippen molar-refractivity contribution in [3.05, 3.63) is 0 Å². The molecule has 1 saturated carbocycles. The summed E-state index contributed by atoms with van der Waals surface area (Å²) in [6.07, 6.45) is 10.9. The van der Waals surface area contributed by atoms with Crippen LogP contribution in [0.1, 0.15) is 51.4 Å². The molecule has 3 heteroatoms. The van der Waals surface area contributed by atoms with Crippen LogP contribution in [0.2, 0.25) is 0 Å². The van der Waals surface area contributed by atoms with Gasteiger partial charge in [0.1, 0.15) is 0 Å². The van der Waals surface area contributed by atoms with Crippen LogP contribution < -0.4 is 5.73 Å². The van der Waals surface area contributed by atoms with Gasteiger partial charge >= 0.3 is 0 Å².